The molecular formula is C15H17BrN2O6. The van der Waals surface area contributed by atoms with E-state index < -0.39 is 24.0 Å². The number of carbonyl (C=O) groups is 3. The van der Waals surface area contributed by atoms with Crippen molar-refractivity contribution in [1.82, 2.24) is 10.2 Å². The molecule has 0 bridgehead atoms. The van der Waals surface area contributed by atoms with Crippen LogP contribution in [0.15, 0.2) is 16.6 Å². The molecule has 1 aromatic carbocycles. The first-order valence-electron chi connectivity index (χ1n) is 7.10. The van der Waals surface area contributed by atoms with Crippen LogP contribution in [0, 0.1) is 0 Å². The van der Waals surface area contributed by atoms with Gasteiger partial charge in [-0.05, 0) is 35.0 Å². The van der Waals surface area contributed by atoms with E-state index in [2.05, 4.69) is 21.2 Å². The average Bonchev–Trinajstić information content (AvgIpc) is 3.00. The zero-order chi connectivity index (χ0) is 17.9. The van der Waals surface area contributed by atoms with Gasteiger partial charge in [0.2, 0.25) is 0 Å². The van der Waals surface area contributed by atoms with Crippen LogP contribution in [0.25, 0.3) is 0 Å². The minimum atomic E-state index is -1.10. The van der Waals surface area contributed by atoms with Gasteiger partial charge in [-0.25, -0.2) is 9.59 Å². The lowest BCUT2D eigenvalue weighted by molar-refractivity contribution is -0.136. The largest absolute Gasteiger partial charge is 0.495 e. The van der Waals surface area contributed by atoms with Gasteiger partial charge in [-0.3, -0.25) is 9.69 Å². The van der Waals surface area contributed by atoms with Gasteiger partial charge in [-0.2, -0.15) is 0 Å². The Bertz CT molecular complexity index is 653. The summed E-state index contributed by atoms with van der Waals surface area (Å²) in [5, 5.41) is 2.51. The average molecular weight is 401 g/mol. The summed E-state index contributed by atoms with van der Waals surface area (Å²) < 4.78 is 16.0. The van der Waals surface area contributed by atoms with Crippen molar-refractivity contribution in [2.24, 2.45) is 0 Å². The zero-order valence-electron chi connectivity index (χ0n) is 13.4. The Morgan fingerprint density at radius 1 is 1.25 bits per heavy atom. The van der Waals surface area contributed by atoms with E-state index in [0.717, 1.165) is 4.90 Å². The standard InChI is InChI=1S/C15H17BrN2O6/c1-8(13(19)18-5-4-17-15(18)21)24-14(20)9-6-10(22-2)12(16)11(7-9)23-3/h6-8H,4-5H2,1-3H3,(H,17,21)/t8-/m1/s1. The number of nitrogens with zero attached hydrogens (tertiary/aromatic N) is 1. The predicted octanol–water partition coefficient (Wildman–Crippen LogP) is 1.56. The van der Waals surface area contributed by atoms with Gasteiger partial charge in [-0.15, -0.1) is 0 Å². The second-order valence-electron chi connectivity index (χ2n) is 4.96. The lowest BCUT2D eigenvalue weighted by Gasteiger charge is -2.18. The van der Waals surface area contributed by atoms with Crippen LogP contribution in [0.3, 0.4) is 0 Å². The van der Waals surface area contributed by atoms with Crippen molar-refractivity contribution < 1.29 is 28.6 Å². The summed E-state index contributed by atoms with van der Waals surface area (Å²) in [6.07, 6.45) is -1.10. The van der Waals surface area contributed by atoms with E-state index in [9.17, 15) is 14.4 Å². The maximum atomic E-state index is 12.3. The monoisotopic (exact) mass is 400 g/mol. The summed E-state index contributed by atoms with van der Waals surface area (Å²) in [5.41, 5.74) is 0.164. The van der Waals surface area contributed by atoms with Crippen molar-refractivity contribution in [2.75, 3.05) is 27.3 Å². The number of carbonyl (C=O) groups excluding carboxylic acids is 3. The number of esters is 1. The van der Waals surface area contributed by atoms with Gasteiger partial charge in [0.25, 0.3) is 5.91 Å². The van der Waals surface area contributed by atoms with E-state index in [4.69, 9.17) is 14.2 Å². The number of hydrogen-bond acceptors (Lipinski definition) is 6. The fourth-order valence-corrected chi connectivity index (χ4v) is 2.72. The molecule has 0 aliphatic carbocycles. The van der Waals surface area contributed by atoms with E-state index in [1.165, 1.54) is 33.3 Å². The summed E-state index contributed by atoms with van der Waals surface area (Å²) in [6.45, 7) is 2.05. The highest BCUT2D eigenvalue weighted by Gasteiger charge is 2.32. The summed E-state index contributed by atoms with van der Waals surface area (Å²) in [6, 6.07) is 2.44. The Labute approximate surface area is 147 Å². The van der Waals surface area contributed by atoms with Crippen molar-refractivity contribution in [3.05, 3.63) is 22.2 Å². The minimum Gasteiger partial charge on any atom is -0.495 e. The molecule has 1 aliphatic heterocycles. The molecule has 9 heteroatoms. The first-order valence-corrected chi connectivity index (χ1v) is 7.90. The maximum Gasteiger partial charge on any atom is 0.339 e. The molecule has 0 spiro atoms. The van der Waals surface area contributed by atoms with Crippen LogP contribution in [-0.2, 0) is 9.53 Å². The van der Waals surface area contributed by atoms with Gasteiger partial charge >= 0.3 is 12.0 Å². The molecule has 1 aliphatic rings. The van der Waals surface area contributed by atoms with E-state index >= 15 is 0 Å². The number of nitrogens with one attached hydrogen (secondary N) is 1. The van der Waals surface area contributed by atoms with Crippen LogP contribution in [0.1, 0.15) is 17.3 Å². The Morgan fingerprint density at radius 3 is 2.29 bits per heavy atom. The van der Waals surface area contributed by atoms with Crippen LogP contribution in [0.4, 0.5) is 4.79 Å². The van der Waals surface area contributed by atoms with Crippen molar-refractivity contribution in [3.63, 3.8) is 0 Å². The second-order valence-corrected chi connectivity index (χ2v) is 5.76. The van der Waals surface area contributed by atoms with Gasteiger partial charge in [-0.1, -0.05) is 0 Å². The molecule has 0 radical (unpaired) electrons. The quantitative estimate of drug-likeness (QED) is 0.753. The normalized spacial score (nSPS) is 14.8. The number of rotatable bonds is 5. The van der Waals surface area contributed by atoms with Crippen molar-refractivity contribution in [3.8, 4) is 11.5 Å². The third-order valence-corrected chi connectivity index (χ3v) is 4.22. The first-order chi connectivity index (χ1) is 11.4. The molecule has 8 nitrogen and oxygen atoms in total. The van der Waals surface area contributed by atoms with Crippen LogP contribution >= 0.6 is 15.9 Å². The number of halogens is 1. The van der Waals surface area contributed by atoms with Gasteiger partial charge in [0.05, 0.1) is 19.8 Å². The van der Waals surface area contributed by atoms with Crippen LogP contribution < -0.4 is 14.8 Å². The first kappa shape index (κ1) is 18.1. The van der Waals surface area contributed by atoms with Gasteiger partial charge in [0.15, 0.2) is 6.10 Å². The topological polar surface area (TPSA) is 94.2 Å². The summed E-state index contributed by atoms with van der Waals surface area (Å²) in [4.78, 5) is 36.9. The molecule has 0 saturated carbocycles. The highest BCUT2D eigenvalue weighted by atomic mass is 79.9. The molecule has 3 amide bonds. The van der Waals surface area contributed by atoms with Gasteiger partial charge < -0.3 is 19.5 Å². The molecule has 1 heterocycles. The fourth-order valence-electron chi connectivity index (χ4n) is 2.17. The molecule has 1 saturated heterocycles. The number of amides is 3. The number of methoxy groups -OCH3 is 2. The smallest absolute Gasteiger partial charge is 0.339 e. The van der Waals surface area contributed by atoms with Crippen molar-refractivity contribution >= 4 is 33.8 Å². The number of hydrogen-bond donors (Lipinski definition) is 1. The molecule has 1 atom stereocenters. The summed E-state index contributed by atoms with van der Waals surface area (Å²) in [5.74, 6) is -0.521. The second kappa shape index (κ2) is 7.52. The number of benzene rings is 1. The highest BCUT2D eigenvalue weighted by molar-refractivity contribution is 9.10. The Hall–Kier alpha value is -2.29. The molecule has 130 valence electrons. The highest BCUT2D eigenvalue weighted by Crippen LogP contribution is 2.35. The lowest BCUT2D eigenvalue weighted by Crippen LogP contribution is -2.41. The third kappa shape index (κ3) is 3.61. The molecule has 0 aromatic heterocycles. The molecule has 2 rings (SSSR count). The Kier molecular flexibility index (Phi) is 5.66. The lowest BCUT2D eigenvalue weighted by atomic mass is 10.2. The molecule has 24 heavy (non-hydrogen) atoms. The van der Waals surface area contributed by atoms with E-state index in [0.29, 0.717) is 22.5 Å². The van der Waals surface area contributed by atoms with Crippen LogP contribution in [0.5, 0.6) is 11.5 Å². The predicted molar refractivity (Wildman–Crippen MR) is 87.2 cm³/mol. The van der Waals surface area contributed by atoms with Crippen molar-refractivity contribution in [2.45, 2.75) is 13.0 Å². The number of urea groups is 1. The maximum absolute atomic E-state index is 12.3. The SMILES string of the molecule is COc1cc(C(=O)O[C@H](C)C(=O)N2CCNC2=O)cc(OC)c1Br. The molecule has 0 unspecified atom stereocenters. The Balaban J connectivity index is 2.14. The van der Waals surface area contributed by atoms with Crippen LogP contribution in [0.2, 0.25) is 0 Å². The van der Waals surface area contributed by atoms with Gasteiger partial charge in [0.1, 0.15) is 16.0 Å². The fraction of sp³-hybridized carbons (Fsp3) is 0.400. The van der Waals surface area contributed by atoms with E-state index in [1.807, 2.05) is 0 Å². The van der Waals surface area contributed by atoms with Gasteiger partial charge in [0, 0.05) is 13.1 Å². The summed E-state index contributed by atoms with van der Waals surface area (Å²) >= 11 is 3.30. The van der Waals surface area contributed by atoms with E-state index in [-0.39, 0.29) is 12.1 Å². The molecule has 1 aromatic rings. The minimum absolute atomic E-state index is 0.164. The number of ether oxygens (including phenoxy) is 3. The number of imide groups is 1. The van der Waals surface area contributed by atoms with Crippen LogP contribution in [-0.4, -0.2) is 56.2 Å². The third-order valence-electron chi connectivity index (χ3n) is 3.44. The molecule has 1 fully saturated rings. The summed E-state index contributed by atoms with van der Waals surface area (Å²) in [7, 11) is 2.90. The molecular weight excluding hydrogens is 384 g/mol. The zero-order valence-corrected chi connectivity index (χ0v) is 15.0. The molecule has 1 N–H and O–H groups in total. The Morgan fingerprint density at radius 2 is 1.83 bits per heavy atom. The van der Waals surface area contributed by atoms with Crippen molar-refractivity contribution in [1.29, 1.82) is 0 Å². The van der Waals surface area contributed by atoms with E-state index in [1.54, 1.807) is 0 Å².